The molecule has 1 aliphatic heterocycles. The van der Waals surface area contributed by atoms with Gasteiger partial charge in [0, 0.05) is 24.8 Å². The lowest BCUT2D eigenvalue weighted by atomic mass is 10.1. The molecule has 0 aliphatic carbocycles. The van der Waals surface area contributed by atoms with E-state index in [4.69, 9.17) is 9.47 Å². The summed E-state index contributed by atoms with van der Waals surface area (Å²) in [5.74, 6) is 1.55. The number of methoxy groups -OCH3 is 2. The normalized spacial score (nSPS) is 14.3. The van der Waals surface area contributed by atoms with Gasteiger partial charge in [-0.15, -0.1) is 0 Å². The fourth-order valence-corrected chi connectivity index (χ4v) is 3.85. The first kappa shape index (κ1) is 22.6. The Morgan fingerprint density at radius 2 is 1.65 bits per heavy atom. The smallest absolute Gasteiger partial charge is 0.277 e. The number of piperazine rings is 1. The molecule has 1 amide bonds. The number of ether oxygens (including phenoxy) is 2. The molecule has 166 valence electrons. The number of amides is 1. The number of carbonyl (C=O) groups is 2. The van der Waals surface area contributed by atoms with Crippen molar-refractivity contribution < 1.29 is 24.0 Å². The molecule has 7 heteroatoms. The van der Waals surface area contributed by atoms with E-state index in [0.29, 0.717) is 24.6 Å². The molecule has 0 spiro atoms. The average Bonchev–Trinajstić information content (AvgIpc) is 2.79. The second kappa shape index (κ2) is 10.3. The van der Waals surface area contributed by atoms with E-state index in [0.717, 1.165) is 43.0 Å². The van der Waals surface area contributed by atoms with Crippen LogP contribution < -0.4 is 19.3 Å². The Morgan fingerprint density at radius 3 is 2.23 bits per heavy atom. The molecule has 2 aromatic rings. The second-order valence-electron chi connectivity index (χ2n) is 7.96. The van der Waals surface area contributed by atoms with E-state index in [1.165, 1.54) is 4.90 Å². The predicted octanol–water partition coefficient (Wildman–Crippen LogP) is 1.27. The first-order valence-electron chi connectivity index (χ1n) is 10.6. The molecular weight excluding hydrogens is 394 g/mol. The summed E-state index contributed by atoms with van der Waals surface area (Å²) in [7, 11) is 5.05. The molecule has 1 aliphatic rings. The van der Waals surface area contributed by atoms with Gasteiger partial charge in [0.05, 0.1) is 40.4 Å². The molecule has 0 bridgehead atoms. The number of likely N-dealkylation sites (N-methyl/N-ethyl adjacent to an activating group) is 1. The highest BCUT2D eigenvalue weighted by atomic mass is 16.5. The highest BCUT2D eigenvalue weighted by Crippen LogP contribution is 2.27. The van der Waals surface area contributed by atoms with Crippen molar-refractivity contribution in [1.29, 1.82) is 0 Å². The maximum absolute atomic E-state index is 12.7. The van der Waals surface area contributed by atoms with E-state index in [-0.39, 0.29) is 11.7 Å². The Hall–Kier alpha value is -3.06. The molecule has 0 atom stereocenters. The van der Waals surface area contributed by atoms with Crippen LogP contribution in [0.4, 0.5) is 5.69 Å². The van der Waals surface area contributed by atoms with Gasteiger partial charge in [-0.2, -0.15) is 0 Å². The van der Waals surface area contributed by atoms with Gasteiger partial charge < -0.3 is 24.2 Å². The fraction of sp³-hybridized carbons (Fsp3) is 0.417. The minimum atomic E-state index is 0.0801. The zero-order valence-corrected chi connectivity index (χ0v) is 18.8. The van der Waals surface area contributed by atoms with Gasteiger partial charge in [-0.05, 0) is 48.9 Å². The molecule has 0 saturated carbocycles. The third kappa shape index (κ3) is 5.76. The van der Waals surface area contributed by atoms with Gasteiger partial charge in [-0.1, -0.05) is 6.07 Å². The number of Topliss-reactive ketones (excluding diaryl/α,β-unsaturated/α-hetero) is 1. The van der Waals surface area contributed by atoms with Gasteiger partial charge in [-0.25, -0.2) is 0 Å². The van der Waals surface area contributed by atoms with Crippen LogP contribution in [0.3, 0.4) is 0 Å². The first-order valence-corrected chi connectivity index (χ1v) is 10.6. The molecule has 1 heterocycles. The maximum atomic E-state index is 12.7. The van der Waals surface area contributed by atoms with Crippen LogP contribution in [0.5, 0.6) is 11.5 Å². The standard InChI is InChI=1S/C24H31N3O4/c1-18(28)20-6-8-21(9-7-20)27-13-11-26(12-14-27)17-24(29)25(2)16-19-5-10-22(30-3)23(15-19)31-4/h5-10,15H,11-14,16-17H2,1-4H3/p+1. The molecule has 31 heavy (non-hydrogen) atoms. The highest BCUT2D eigenvalue weighted by Gasteiger charge is 2.24. The topological polar surface area (TPSA) is 63.5 Å². The molecule has 2 aromatic carbocycles. The molecule has 1 saturated heterocycles. The van der Waals surface area contributed by atoms with Crippen LogP contribution in [-0.4, -0.2) is 70.6 Å². The lowest BCUT2D eigenvalue weighted by molar-refractivity contribution is -0.892. The van der Waals surface area contributed by atoms with E-state index >= 15 is 0 Å². The number of nitrogens with zero attached hydrogens (tertiary/aromatic N) is 2. The third-order valence-corrected chi connectivity index (χ3v) is 5.80. The number of quaternary nitrogens is 1. The SMILES string of the molecule is COc1ccc(CN(C)C(=O)C[NH+]2CCN(c3ccc(C(C)=O)cc3)CC2)cc1OC. The number of hydrogen-bond acceptors (Lipinski definition) is 5. The lowest BCUT2D eigenvalue weighted by Gasteiger charge is -2.34. The number of benzene rings is 2. The zero-order chi connectivity index (χ0) is 22.4. The van der Waals surface area contributed by atoms with Crippen LogP contribution in [0.1, 0.15) is 22.8 Å². The Balaban J connectivity index is 1.49. The average molecular weight is 427 g/mol. The van der Waals surface area contributed by atoms with Crippen LogP contribution >= 0.6 is 0 Å². The van der Waals surface area contributed by atoms with Crippen molar-refractivity contribution in [3.05, 3.63) is 53.6 Å². The number of ketones is 1. The predicted molar refractivity (Wildman–Crippen MR) is 120 cm³/mol. The zero-order valence-electron chi connectivity index (χ0n) is 18.8. The van der Waals surface area contributed by atoms with Gasteiger partial charge in [0.25, 0.3) is 5.91 Å². The molecule has 1 N–H and O–H groups in total. The fourth-order valence-electron chi connectivity index (χ4n) is 3.85. The van der Waals surface area contributed by atoms with E-state index in [9.17, 15) is 9.59 Å². The summed E-state index contributed by atoms with van der Waals surface area (Å²) < 4.78 is 10.6. The van der Waals surface area contributed by atoms with Gasteiger partial charge in [0.15, 0.2) is 23.8 Å². The molecule has 0 aromatic heterocycles. The Kier molecular flexibility index (Phi) is 7.52. The quantitative estimate of drug-likeness (QED) is 0.644. The number of anilines is 1. The van der Waals surface area contributed by atoms with Crippen molar-refractivity contribution in [1.82, 2.24) is 4.90 Å². The van der Waals surface area contributed by atoms with Crippen LogP contribution in [0.15, 0.2) is 42.5 Å². The summed E-state index contributed by atoms with van der Waals surface area (Å²) in [5.41, 5.74) is 2.86. The summed E-state index contributed by atoms with van der Waals surface area (Å²) in [4.78, 5) is 29.6. The molecular formula is C24H32N3O4+. The number of carbonyl (C=O) groups excluding carboxylic acids is 2. The molecule has 1 fully saturated rings. The van der Waals surface area contributed by atoms with Crippen molar-refractivity contribution in [3.8, 4) is 11.5 Å². The van der Waals surface area contributed by atoms with Crippen LogP contribution in [-0.2, 0) is 11.3 Å². The Morgan fingerprint density at radius 1 is 1.00 bits per heavy atom. The van der Waals surface area contributed by atoms with Crippen molar-refractivity contribution in [2.45, 2.75) is 13.5 Å². The molecule has 7 nitrogen and oxygen atoms in total. The van der Waals surface area contributed by atoms with E-state index < -0.39 is 0 Å². The number of rotatable bonds is 8. The van der Waals surface area contributed by atoms with Crippen LogP contribution in [0.25, 0.3) is 0 Å². The first-order chi connectivity index (χ1) is 14.9. The van der Waals surface area contributed by atoms with Crippen LogP contribution in [0.2, 0.25) is 0 Å². The molecule has 0 radical (unpaired) electrons. The molecule has 0 unspecified atom stereocenters. The van der Waals surface area contributed by atoms with Crippen LogP contribution in [0, 0.1) is 0 Å². The lowest BCUT2D eigenvalue weighted by Crippen LogP contribution is -3.15. The van der Waals surface area contributed by atoms with E-state index in [2.05, 4.69) is 4.90 Å². The summed E-state index contributed by atoms with van der Waals surface area (Å²) in [6.45, 7) is 6.19. The van der Waals surface area contributed by atoms with Crippen molar-refractivity contribution in [2.75, 3.05) is 58.9 Å². The summed E-state index contributed by atoms with van der Waals surface area (Å²) in [6, 6.07) is 13.5. The van der Waals surface area contributed by atoms with Crippen molar-refractivity contribution in [2.24, 2.45) is 0 Å². The largest absolute Gasteiger partial charge is 0.493 e. The summed E-state index contributed by atoms with van der Waals surface area (Å²) in [5, 5.41) is 0. The van der Waals surface area contributed by atoms with Gasteiger partial charge in [0.1, 0.15) is 0 Å². The van der Waals surface area contributed by atoms with Crippen molar-refractivity contribution in [3.63, 3.8) is 0 Å². The van der Waals surface area contributed by atoms with Crippen molar-refractivity contribution >= 4 is 17.4 Å². The summed E-state index contributed by atoms with van der Waals surface area (Å²) >= 11 is 0. The Bertz CT molecular complexity index is 906. The molecule has 3 rings (SSSR count). The monoisotopic (exact) mass is 426 g/mol. The third-order valence-electron chi connectivity index (χ3n) is 5.80. The second-order valence-corrected chi connectivity index (χ2v) is 7.96. The minimum absolute atomic E-state index is 0.0801. The number of hydrogen-bond donors (Lipinski definition) is 1. The van der Waals surface area contributed by atoms with E-state index in [1.54, 1.807) is 26.0 Å². The summed E-state index contributed by atoms with van der Waals surface area (Å²) in [6.07, 6.45) is 0. The number of nitrogens with one attached hydrogen (secondary N) is 1. The Labute approximate surface area is 184 Å². The van der Waals surface area contributed by atoms with Gasteiger partial charge >= 0.3 is 0 Å². The maximum Gasteiger partial charge on any atom is 0.277 e. The van der Waals surface area contributed by atoms with Gasteiger partial charge in [-0.3, -0.25) is 9.59 Å². The van der Waals surface area contributed by atoms with Gasteiger partial charge in [0.2, 0.25) is 0 Å². The minimum Gasteiger partial charge on any atom is -0.493 e. The van der Waals surface area contributed by atoms with E-state index in [1.807, 2.05) is 49.5 Å². The highest BCUT2D eigenvalue weighted by molar-refractivity contribution is 5.94.